The number of nitrogens with one attached hydrogen (secondary N) is 2. The number of halogens is 3. The van der Waals surface area contributed by atoms with Gasteiger partial charge in [-0.3, -0.25) is 9.67 Å². The van der Waals surface area contributed by atoms with Gasteiger partial charge < -0.3 is 15.4 Å². The van der Waals surface area contributed by atoms with Crippen molar-refractivity contribution in [1.82, 2.24) is 20.4 Å². The van der Waals surface area contributed by atoms with Gasteiger partial charge in [-0.1, -0.05) is 18.2 Å². The third kappa shape index (κ3) is 7.67. The first-order valence-electron chi connectivity index (χ1n) is 7.63. The molecule has 0 fully saturated rings. The van der Waals surface area contributed by atoms with Crippen LogP contribution in [0.25, 0.3) is 0 Å². The van der Waals surface area contributed by atoms with E-state index in [1.54, 1.807) is 31.4 Å². The van der Waals surface area contributed by atoms with Crippen molar-refractivity contribution < 1.29 is 13.5 Å². The van der Waals surface area contributed by atoms with E-state index in [0.29, 0.717) is 24.6 Å². The number of guanidine groups is 1. The number of hydrogen-bond acceptors (Lipinski definition) is 3. The lowest BCUT2D eigenvalue weighted by molar-refractivity contribution is -0.0504. The lowest BCUT2D eigenvalue weighted by Gasteiger charge is -2.14. The minimum atomic E-state index is -2.84. The molecule has 0 aliphatic carbocycles. The second-order valence-corrected chi connectivity index (χ2v) is 4.96. The van der Waals surface area contributed by atoms with Gasteiger partial charge in [-0.2, -0.15) is 13.9 Å². The molecule has 0 amide bonds. The fourth-order valence-corrected chi connectivity index (χ4v) is 2.14. The molecule has 0 spiro atoms. The standard InChI is InChI=1S/C16H21F2N5O.HI/c1-19-16(20-8-4-10-23-11-5-9-22-23)21-12-13-6-2-3-7-14(13)24-15(17)18;/h2-3,5-7,9,11,15H,4,8,10,12H2,1H3,(H2,19,20,21);1H. The molecule has 0 radical (unpaired) electrons. The summed E-state index contributed by atoms with van der Waals surface area (Å²) in [7, 11) is 1.66. The summed E-state index contributed by atoms with van der Waals surface area (Å²) in [5, 5.41) is 10.4. The molecule has 2 aromatic rings. The van der Waals surface area contributed by atoms with E-state index in [9.17, 15) is 8.78 Å². The lowest BCUT2D eigenvalue weighted by atomic mass is 10.2. The van der Waals surface area contributed by atoms with Crippen LogP contribution in [0.1, 0.15) is 12.0 Å². The van der Waals surface area contributed by atoms with Crippen molar-refractivity contribution >= 4 is 29.9 Å². The average molecular weight is 465 g/mol. The summed E-state index contributed by atoms with van der Waals surface area (Å²) in [6, 6.07) is 8.56. The van der Waals surface area contributed by atoms with Gasteiger partial charge in [0, 0.05) is 44.6 Å². The molecule has 0 unspecified atom stereocenters. The smallest absolute Gasteiger partial charge is 0.387 e. The largest absolute Gasteiger partial charge is 0.434 e. The zero-order chi connectivity index (χ0) is 17.2. The van der Waals surface area contributed by atoms with Crippen molar-refractivity contribution in [3.8, 4) is 5.75 Å². The molecule has 0 atom stereocenters. The van der Waals surface area contributed by atoms with Gasteiger partial charge in [-0.15, -0.1) is 24.0 Å². The number of nitrogens with zero attached hydrogens (tertiary/aromatic N) is 3. The van der Waals surface area contributed by atoms with Gasteiger partial charge >= 0.3 is 6.61 Å². The Morgan fingerprint density at radius 1 is 1.28 bits per heavy atom. The number of hydrogen-bond donors (Lipinski definition) is 2. The molecule has 0 saturated carbocycles. The third-order valence-corrected chi connectivity index (χ3v) is 3.27. The second-order valence-electron chi connectivity index (χ2n) is 4.96. The Labute approximate surface area is 162 Å². The highest BCUT2D eigenvalue weighted by Crippen LogP contribution is 2.19. The average Bonchev–Trinajstić information content (AvgIpc) is 3.08. The Morgan fingerprint density at radius 3 is 2.76 bits per heavy atom. The molecule has 0 aliphatic rings. The van der Waals surface area contributed by atoms with Gasteiger partial charge in [0.25, 0.3) is 0 Å². The summed E-state index contributed by atoms with van der Waals surface area (Å²) in [6.07, 6.45) is 4.54. The van der Waals surface area contributed by atoms with Gasteiger partial charge in [0.05, 0.1) is 0 Å². The normalized spacial score (nSPS) is 11.1. The van der Waals surface area contributed by atoms with Crippen LogP contribution in [0.4, 0.5) is 8.78 Å². The van der Waals surface area contributed by atoms with E-state index in [0.717, 1.165) is 13.0 Å². The Kier molecular flexibility index (Phi) is 9.81. The summed E-state index contributed by atoms with van der Waals surface area (Å²) >= 11 is 0. The summed E-state index contributed by atoms with van der Waals surface area (Å²) in [6.45, 7) is -0.982. The van der Waals surface area contributed by atoms with Gasteiger partial charge in [0.2, 0.25) is 0 Å². The Balaban J connectivity index is 0.00000312. The summed E-state index contributed by atoms with van der Waals surface area (Å²) in [4.78, 5) is 4.11. The number of alkyl halides is 2. The van der Waals surface area contributed by atoms with Crippen molar-refractivity contribution in [2.75, 3.05) is 13.6 Å². The van der Waals surface area contributed by atoms with Crippen LogP contribution in [0.2, 0.25) is 0 Å². The van der Waals surface area contributed by atoms with Gasteiger partial charge in [0.15, 0.2) is 5.96 Å². The maximum absolute atomic E-state index is 12.4. The molecule has 138 valence electrons. The number of benzene rings is 1. The maximum Gasteiger partial charge on any atom is 0.387 e. The highest BCUT2D eigenvalue weighted by molar-refractivity contribution is 14.0. The lowest BCUT2D eigenvalue weighted by Crippen LogP contribution is -2.37. The van der Waals surface area contributed by atoms with E-state index in [2.05, 4.69) is 25.5 Å². The first-order chi connectivity index (χ1) is 11.7. The van der Waals surface area contributed by atoms with Crippen molar-refractivity contribution in [1.29, 1.82) is 0 Å². The molecule has 1 heterocycles. The predicted molar refractivity (Wildman–Crippen MR) is 104 cm³/mol. The van der Waals surface area contributed by atoms with Gasteiger partial charge in [-0.25, -0.2) is 0 Å². The number of para-hydroxylation sites is 1. The zero-order valence-corrected chi connectivity index (χ0v) is 16.2. The molecule has 0 aliphatic heterocycles. The monoisotopic (exact) mass is 465 g/mol. The minimum Gasteiger partial charge on any atom is -0.434 e. The molecule has 9 heteroatoms. The zero-order valence-electron chi connectivity index (χ0n) is 13.9. The van der Waals surface area contributed by atoms with E-state index < -0.39 is 6.61 Å². The SMILES string of the molecule is CN=C(NCCCn1cccn1)NCc1ccccc1OC(F)F.I. The van der Waals surface area contributed by atoms with Crippen LogP contribution in [0.15, 0.2) is 47.7 Å². The predicted octanol–water partition coefficient (Wildman–Crippen LogP) is 2.86. The van der Waals surface area contributed by atoms with Crippen molar-refractivity contribution in [3.05, 3.63) is 48.3 Å². The fourth-order valence-electron chi connectivity index (χ4n) is 2.14. The Bertz CT molecular complexity index is 637. The van der Waals surface area contributed by atoms with Gasteiger partial charge in [-0.05, 0) is 18.6 Å². The highest BCUT2D eigenvalue weighted by atomic mass is 127. The van der Waals surface area contributed by atoms with Crippen molar-refractivity contribution in [2.45, 2.75) is 26.1 Å². The summed E-state index contributed by atoms with van der Waals surface area (Å²) < 4.78 is 31.2. The first kappa shape index (κ1) is 21.1. The van der Waals surface area contributed by atoms with E-state index in [4.69, 9.17) is 0 Å². The van der Waals surface area contributed by atoms with Crippen molar-refractivity contribution in [3.63, 3.8) is 0 Å². The van der Waals surface area contributed by atoms with Crippen LogP contribution >= 0.6 is 24.0 Å². The molecule has 1 aromatic carbocycles. The van der Waals surface area contributed by atoms with E-state index in [1.807, 2.05) is 16.9 Å². The molecule has 2 N–H and O–H groups in total. The molecule has 0 saturated heterocycles. The maximum atomic E-state index is 12.4. The van der Waals surface area contributed by atoms with Crippen LogP contribution in [0.5, 0.6) is 5.75 Å². The molecular weight excluding hydrogens is 443 g/mol. The van der Waals surface area contributed by atoms with Crippen LogP contribution in [0, 0.1) is 0 Å². The summed E-state index contributed by atoms with van der Waals surface area (Å²) in [5.41, 5.74) is 0.636. The Hall–Kier alpha value is -1.91. The number of aromatic nitrogens is 2. The summed E-state index contributed by atoms with van der Waals surface area (Å²) in [5.74, 6) is 0.761. The Morgan fingerprint density at radius 2 is 2.08 bits per heavy atom. The van der Waals surface area contributed by atoms with E-state index >= 15 is 0 Å². The first-order valence-corrected chi connectivity index (χ1v) is 7.63. The fraction of sp³-hybridized carbons (Fsp3) is 0.375. The molecule has 6 nitrogen and oxygen atoms in total. The van der Waals surface area contributed by atoms with E-state index in [1.165, 1.54) is 6.07 Å². The molecule has 1 aromatic heterocycles. The van der Waals surface area contributed by atoms with Crippen LogP contribution in [-0.4, -0.2) is 35.9 Å². The molecule has 25 heavy (non-hydrogen) atoms. The number of aryl methyl sites for hydroxylation is 1. The highest BCUT2D eigenvalue weighted by Gasteiger charge is 2.09. The minimum absolute atomic E-state index is 0. The van der Waals surface area contributed by atoms with Gasteiger partial charge in [0.1, 0.15) is 5.75 Å². The number of ether oxygens (including phenoxy) is 1. The molecule has 0 bridgehead atoms. The third-order valence-electron chi connectivity index (χ3n) is 3.27. The molecular formula is C16H22F2IN5O. The molecule has 2 rings (SSSR count). The number of rotatable bonds is 8. The second kappa shape index (κ2) is 11.6. The topological polar surface area (TPSA) is 63.5 Å². The quantitative estimate of drug-likeness (QED) is 0.273. The van der Waals surface area contributed by atoms with Crippen LogP contribution < -0.4 is 15.4 Å². The van der Waals surface area contributed by atoms with Crippen LogP contribution in [0.3, 0.4) is 0 Å². The number of aliphatic imine (C=N–C) groups is 1. The van der Waals surface area contributed by atoms with Crippen LogP contribution in [-0.2, 0) is 13.1 Å². The van der Waals surface area contributed by atoms with Crippen molar-refractivity contribution in [2.24, 2.45) is 4.99 Å². The van der Waals surface area contributed by atoms with E-state index in [-0.39, 0.29) is 29.7 Å².